The quantitative estimate of drug-likeness (QED) is 0.158. The number of guanidine groups is 1. The smallest absolute Gasteiger partial charge is 0.322 e. The Kier molecular flexibility index (Phi) is 8.58. The zero-order chi connectivity index (χ0) is 22.9. The normalized spacial score (nSPS) is 12.0. The third-order valence-electron chi connectivity index (χ3n) is 3.90. The molecule has 2 rings (SSSR count). The molecule has 1 atom stereocenters. The average Bonchev–Trinajstić information content (AvgIpc) is 2.71. The van der Waals surface area contributed by atoms with Gasteiger partial charge >= 0.3 is 5.97 Å². The molecule has 6 N–H and O–H groups in total. The van der Waals surface area contributed by atoms with Crippen LogP contribution < -0.4 is 20.9 Å². The highest BCUT2D eigenvalue weighted by Gasteiger charge is 2.25. The van der Waals surface area contributed by atoms with Crippen LogP contribution in [0.1, 0.15) is 12.0 Å². The molecule has 0 saturated heterocycles. The van der Waals surface area contributed by atoms with Gasteiger partial charge in [0, 0.05) is 6.42 Å². The molecule has 0 spiro atoms. The second kappa shape index (κ2) is 11.1. The molecule has 168 valence electrons. The van der Waals surface area contributed by atoms with Crippen LogP contribution in [0.2, 0.25) is 0 Å². The highest BCUT2D eigenvalue weighted by molar-refractivity contribution is 7.89. The SMILES string of the molecule is NC(N)=NOCCCOc1ccc(C[C@H](NS(=O)(=O)c2ccc(F)cc2)C(=O)O)cc1. The van der Waals surface area contributed by atoms with E-state index in [0.29, 0.717) is 24.3 Å². The van der Waals surface area contributed by atoms with E-state index in [2.05, 4.69) is 9.88 Å². The zero-order valence-corrected chi connectivity index (χ0v) is 17.2. The summed E-state index contributed by atoms with van der Waals surface area (Å²) in [6, 6.07) is 9.22. The fourth-order valence-corrected chi connectivity index (χ4v) is 3.63. The largest absolute Gasteiger partial charge is 0.493 e. The lowest BCUT2D eigenvalue weighted by Crippen LogP contribution is -2.42. The summed E-state index contributed by atoms with van der Waals surface area (Å²) >= 11 is 0. The van der Waals surface area contributed by atoms with Gasteiger partial charge in [-0.05, 0) is 53.5 Å². The lowest BCUT2D eigenvalue weighted by atomic mass is 10.1. The van der Waals surface area contributed by atoms with E-state index >= 15 is 0 Å². The van der Waals surface area contributed by atoms with Gasteiger partial charge < -0.3 is 26.1 Å². The van der Waals surface area contributed by atoms with Crippen molar-refractivity contribution < 1.29 is 32.3 Å². The van der Waals surface area contributed by atoms with Crippen LogP contribution in [0.5, 0.6) is 5.75 Å². The van der Waals surface area contributed by atoms with Crippen molar-refractivity contribution in [1.82, 2.24) is 4.72 Å². The van der Waals surface area contributed by atoms with Gasteiger partial charge in [-0.2, -0.15) is 4.72 Å². The van der Waals surface area contributed by atoms with E-state index in [0.717, 1.165) is 24.3 Å². The lowest BCUT2D eigenvalue weighted by molar-refractivity contribution is -0.138. The number of nitrogens with zero attached hydrogens (tertiary/aromatic N) is 1. The van der Waals surface area contributed by atoms with Gasteiger partial charge in [0.2, 0.25) is 16.0 Å². The Hall–Kier alpha value is -3.38. The number of hydrogen-bond acceptors (Lipinski definition) is 6. The standard InChI is InChI=1S/C19H23FN4O6S/c20-14-4-8-16(9-5-14)31(27,28)24-17(18(25)26)12-13-2-6-15(7-3-13)29-10-1-11-30-23-19(21)22/h2-9,17,24H,1,10-12H2,(H,25,26)(H4,21,22,23)/t17-/m0/s1. The van der Waals surface area contributed by atoms with Gasteiger partial charge in [0.1, 0.15) is 24.2 Å². The summed E-state index contributed by atoms with van der Waals surface area (Å²) in [5.74, 6) is -1.57. The minimum absolute atomic E-state index is 0.0948. The molecule has 10 nitrogen and oxygen atoms in total. The Morgan fingerprint density at radius 2 is 1.74 bits per heavy atom. The summed E-state index contributed by atoms with van der Waals surface area (Å²) in [4.78, 5) is 16.2. The maximum absolute atomic E-state index is 13.0. The van der Waals surface area contributed by atoms with Crippen molar-refractivity contribution in [3.63, 3.8) is 0 Å². The Labute approximate surface area is 178 Å². The molecule has 0 aliphatic heterocycles. The molecular formula is C19H23FN4O6S. The van der Waals surface area contributed by atoms with E-state index in [9.17, 15) is 22.7 Å². The number of ether oxygens (including phenoxy) is 1. The number of nitrogens with one attached hydrogen (secondary N) is 1. The van der Waals surface area contributed by atoms with Crippen molar-refractivity contribution in [3.05, 3.63) is 59.9 Å². The van der Waals surface area contributed by atoms with Crippen molar-refractivity contribution in [2.45, 2.75) is 23.8 Å². The van der Waals surface area contributed by atoms with E-state index in [1.54, 1.807) is 24.3 Å². The van der Waals surface area contributed by atoms with Crippen LogP contribution in [0.15, 0.2) is 58.6 Å². The molecule has 0 amide bonds. The first-order valence-corrected chi connectivity index (χ1v) is 10.6. The molecule has 0 aliphatic rings. The van der Waals surface area contributed by atoms with E-state index in [4.69, 9.17) is 21.0 Å². The van der Waals surface area contributed by atoms with Gasteiger partial charge in [-0.15, -0.1) is 0 Å². The van der Waals surface area contributed by atoms with Crippen LogP contribution in [0.4, 0.5) is 4.39 Å². The number of oxime groups is 1. The van der Waals surface area contributed by atoms with Crippen molar-refractivity contribution in [3.8, 4) is 5.75 Å². The highest BCUT2D eigenvalue weighted by atomic mass is 32.2. The number of nitrogens with two attached hydrogens (primary N) is 2. The van der Waals surface area contributed by atoms with Crippen LogP contribution >= 0.6 is 0 Å². The molecular weight excluding hydrogens is 431 g/mol. The molecule has 0 aliphatic carbocycles. The zero-order valence-electron chi connectivity index (χ0n) is 16.4. The third-order valence-corrected chi connectivity index (χ3v) is 5.39. The number of carboxylic acid groups (broad SMARTS) is 1. The first-order chi connectivity index (χ1) is 14.7. The van der Waals surface area contributed by atoms with Crippen LogP contribution in [-0.4, -0.2) is 44.7 Å². The maximum atomic E-state index is 13.0. The molecule has 0 unspecified atom stereocenters. The fourth-order valence-electron chi connectivity index (χ4n) is 2.44. The van der Waals surface area contributed by atoms with Gasteiger partial charge in [-0.1, -0.05) is 12.1 Å². The lowest BCUT2D eigenvalue weighted by Gasteiger charge is -2.15. The van der Waals surface area contributed by atoms with Crippen molar-refractivity contribution in [1.29, 1.82) is 0 Å². The van der Waals surface area contributed by atoms with Gasteiger partial charge in [-0.25, -0.2) is 12.8 Å². The molecule has 31 heavy (non-hydrogen) atoms. The monoisotopic (exact) mass is 454 g/mol. The topological polar surface area (TPSA) is 166 Å². The number of carboxylic acids is 1. The molecule has 0 bridgehead atoms. The predicted molar refractivity (Wildman–Crippen MR) is 110 cm³/mol. The number of rotatable bonds is 12. The van der Waals surface area contributed by atoms with E-state index in [1.165, 1.54) is 0 Å². The van der Waals surface area contributed by atoms with Crippen LogP contribution in [-0.2, 0) is 26.1 Å². The average molecular weight is 454 g/mol. The fraction of sp³-hybridized carbons (Fsp3) is 0.263. The Bertz CT molecular complexity index is 993. The number of benzene rings is 2. The van der Waals surface area contributed by atoms with Crippen LogP contribution in [0.3, 0.4) is 0 Å². The van der Waals surface area contributed by atoms with Crippen LogP contribution in [0.25, 0.3) is 0 Å². The summed E-state index contributed by atoms with van der Waals surface area (Å²) in [5.41, 5.74) is 10.8. The minimum Gasteiger partial charge on any atom is -0.493 e. The first kappa shape index (κ1) is 23.9. The Balaban J connectivity index is 1.92. The van der Waals surface area contributed by atoms with Crippen molar-refractivity contribution in [2.75, 3.05) is 13.2 Å². The minimum atomic E-state index is -4.13. The summed E-state index contributed by atoms with van der Waals surface area (Å²) < 4.78 is 45.4. The van der Waals surface area contributed by atoms with E-state index < -0.39 is 27.9 Å². The summed E-state index contributed by atoms with van der Waals surface area (Å²) in [5, 5.41) is 12.8. The Morgan fingerprint density at radius 1 is 1.10 bits per heavy atom. The summed E-state index contributed by atoms with van der Waals surface area (Å²) in [6.45, 7) is 0.610. The summed E-state index contributed by atoms with van der Waals surface area (Å²) in [7, 11) is -4.13. The highest BCUT2D eigenvalue weighted by Crippen LogP contribution is 2.16. The molecule has 0 radical (unpaired) electrons. The number of sulfonamides is 1. The predicted octanol–water partition coefficient (Wildman–Crippen LogP) is 0.774. The molecule has 2 aromatic rings. The molecule has 0 fully saturated rings. The van der Waals surface area contributed by atoms with Crippen molar-refractivity contribution >= 4 is 22.0 Å². The second-order valence-corrected chi connectivity index (χ2v) is 8.08. The maximum Gasteiger partial charge on any atom is 0.322 e. The summed E-state index contributed by atoms with van der Waals surface area (Å²) in [6.07, 6.45) is 0.438. The van der Waals surface area contributed by atoms with Gasteiger partial charge in [0.25, 0.3) is 0 Å². The number of hydrogen-bond donors (Lipinski definition) is 4. The van der Waals surface area contributed by atoms with E-state index in [1.807, 2.05) is 0 Å². The number of aliphatic carboxylic acids is 1. The molecule has 12 heteroatoms. The number of carbonyl (C=O) groups is 1. The molecule has 0 aromatic heterocycles. The van der Waals surface area contributed by atoms with Gasteiger partial charge in [-0.3, -0.25) is 4.79 Å². The first-order valence-electron chi connectivity index (χ1n) is 9.11. The van der Waals surface area contributed by atoms with E-state index in [-0.39, 0.29) is 23.9 Å². The molecule has 0 heterocycles. The van der Waals surface area contributed by atoms with Crippen LogP contribution in [0, 0.1) is 5.82 Å². The van der Waals surface area contributed by atoms with Crippen molar-refractivity contribution in [2.24, 2.45) is 16.6 Å². The molecule has 0 saturated carbocycles. The number of halogens is 1. The molecule has 2 aromatic carbocycles. The third kappa shape index (κ3) is 8.10. The second-order valence-electron chi connectivity index (χ2n) is 6.37. The van der Waals surface area contributed by atoms with Gasteiger partial charge in [0.15, 0.2) is 0 Å². The van der Waals surface area contributed by atoms with Gasteiger partial charge in [0.05, 0.1) is 11.5 Å². The Morgan fingerprint density at radius 3 is 2.32 bits per heavy atom.